The summed E-state index contributed by atoms with van der Waals surface area (Å²) in [7, 11) is 1.67. The number of nitrogens with one attached hydrogen (secondary N) is 3. The summed E-state index contributed by atoms with van der Waals surface area (Å²) in [5.74, 6) is -0.952. The van der Waals surface area contributed by atoms with E-state index in [0.717, 1.165) is 24.0 Å². The molecule has 0 saturated heterocycles. The average Bonchev–Trinajstić information content (AvgIpc) is 3.87. The first-order valence-corrected chi connectivity index (χ1v) is 16.3. The highest BCUT2D eigenvalue weighted by atomic mass is 16.3. The van der Waals surface area contributed by atoms with Crippen molar-refractivity contribution in [3.8, 4) is 0 Å². The molecule has 246 valence electrons. The average molecular weight is 635 g/mol. The Balaban J connectivity index is 1.32. The van der Waals surface area contributed by atoms with Gasteiger partial charge >= 0.3 is 0 Å². The summed E-state index contributed by atoms with van der Waals surface area (Å²) in [6.07, 6.45) is 1.37. The molecule has 2 amide bonds. The third-order valence-electron chi connectivity index (χ3n) is 9.28. The van der Waals surface area contributed by atoms with Gasteiger partial charge in [0.25, 0.3) is 11.8 Å². The fourth-order valence-corrected chi connectivity index (χ4v) is 5.94. The highest BCUT2D eigenvalue weighted by Crippen LogP contribution is 2.46. The molecule has 5 rings (SSSR count). The number of carbonyl (C=O) groups is 2. The SMILES string of the molecule is C[C@H](c1ccccc1)N(C)C(=O)c1cc(C(=O)N[C@@H](Cc2ccccc2)[C@H](O)CNC2(c3cccc(C(C)(C)C)c3)CC2)[nH]c(=O)c1. The Hall–Kier alpha value is -4.53. The molecule has 0 aliphatic heterocycles. The van der Waals surface area contributed by atoms with Gasteiger partial charge in [-0.05, 0) is 59.9 Å². The van der Waals surface area contributed by atoms with E-state index in [2.05, 4.69) is 60.7 Å². The maximum absolute atomic E-state index is 13.6. The van der Waals surface area contributed by atoms with E-state index in [1.165, 1.54) is 23.3 Å². The van der Waals surface area contributed by atoms with Gasteiger partial charge in [0.2, 0.25) is 5.56 Å². The van der Waals surface area contributed by atoms with Crippen LogP contribution in [-0.4, -0.2) is 52.5 Å². The van der Waals surface area contributed by atoms with Crippen molar-refractivity contribution in [1.29, 1.82) is 0 Å². The van der Waals surface area contributed by atoms with Gasteiger partial charge in [-0.3, -0.25) is 14.4 Å². The van der Waals surface area contributed by atoms with E-state index in [1.54, 1.807) is 11.9 Å². The van der Waals surface area contributed by atoms with Crippen LogP contribution in [-0.2, 0) is 17.4 Å². The highest BCUT2D eigenvalue weighted by Gasteiger charge is 2.44. The standard InChI is InChI=1S/C39H46N4O4/c1-26(28-15-10-7-11-16-28)43(5)37(47)29-22-33(41-35(45)23-29)36(46)42-32(21-27-13-8-6-9-14-27)34(44)25-40-39(19-20-39)31-18-12-17-30(24-31)38(2,3)4/h6-18,22-24,26,32,34,40,44H,19-21,25H2,1-5H3,(H,41,45)(H,42,46)/t26-,32+,34-/m1/s1. The van der Waals surface area contributed by atoms with Crippen molar-refractivity contribution < 1.29 is 14.7 Å². The Kier molecular flexibility index (Phi) is 10.1. The summed E-state index contributed by atoms with van der Waals surface area (Å²) in [6, 6.07) is 29.6. The van der Waals surface area contributed by atoms with Gasteiger partial charge in [0.1, 0.15) is 5.69 Å². The molecule has 8 heteroatoms. The van der Waals surface area contributed by atoms with Gasteiger partial charge in [0, 0.05) is 30.8 Å². The number of hydrogen-bond donors (Lipinski definition) is 4. The number of aromatic amines is 1. The molecule has 0 radical (unpaired) electrons. The van der Waals surface area contributed by atoms with Crippen molar-refractivity contribution in [1.82, 2.24) is 20.5 Å². The molecule has 0 spiro atoms. The first-order chi connectivity index (χ1) is 22.4. The van der Waals surface area contributed by atoms with Crippen LogP contribution in [0.4, 0.5) is 0 Å². The van der Waals surface area contributed by atoms with E-state index in [-0.39, 0.29) is 40.7 Å². The maximum atomic E-state index is 13.6. The Morgan fingerprint density at radius 3 is 2.23 bits per heavy atom. The lowest BCUT2D eigenvalue weighted by atomic mass is 9.85. The van der Waals surface area contributed by atoms with Crippen LogP contribution in [0, 0.1) is 0 Å². The molecule has 1 fully saturated rings. The minimum absolute atomic E-state index is 0.0229. The largest absolute Gasteiger partial charge is 0.390 e. The summed E-state index contributed by atoms with van der Waals surface area (Å²) in [6.45, 7) is 8.76. The third-order valence-corrected chi connectivity index (χ3v) is 9.28. The number of aliphatic hydroxyl groups excluding tert-OH is 1. The Morgan fingerprint density at radius 2 is 1.60 bits per heavy atom. The minimum atomic E-state index is -0.933. The maximum Gasteiger partial charge on any atom is 0.268 e. The normalized spacial score (nSPS) is 15.7. The number of amides is 2. The number of carbonyl (C=O) groups excluding carboxylic acids is 2. The van der Waals surface area contributed by atoms with E-state index < -0.39 is 23.6 Å². The predicted octanol–water partition coefficient (Wildman–Crippen LogP) is 5.49. The van der Waals surface area contributed by atoms with Crippen LogP contribution < -0.4 is 16.2 Å². The Labute approximate surface area is 277 Å². The summed E-state index contributed by atoms with van der Waals surface area (Å²) in [5, 5.41) is 18.1. The van der Waals surface area contributed by atoms with E-state index >= 15 is 0 Å². The molecule has 1 aliphatic carbocycles. The fourth-order valence-electron chi connectivity index (χ4n) is 5.94. The second-order valence-corrected chi connectivity index (χ2v) is 13.8. The molecule has 3 aromatic carbocycles. The van der Waals surface area contributed by atoms with Crippen molar-refractivity contribution in [3.05, 3.63) is 141 Å². The summed E-state index contributed by atoms with van der Waals surface area (Å²) in [5.41, 5.74) is 3.67. The van der Waals surface area contributed by atoms with Gasteiger partial charge in [0.15, 0.2) is 0 Å². The monoisotopic (exact) mass is 634 g/mol. The van der Waals surface area contributed by atoms with Crippen LogP contribution in [0.3, 0.4) is 0 Å². The van der Waals surface area contributed by atoms with E-state index in [0.29, 0.717) is 6.42 Å². The molecule has 1 aliphatic rings. The van der Waals surface area contributed by atoms with Crippen molar-refractivity contribution in [2.24, 2.45) is 0 Å². The number of pyridine rings is 1. The van der Waals surface area contributed by atoms with Crippen LogP contribution in [0.2, 0.25) is 0 Å². The smallest absolute Gasteiger partial charge is 0.268 e. The Bertz CT molecular complexity index is 1740. The number of benzene rings is 3. The molecule has 8 nitrogen and oxygen atoms in total. The lowest BCUT2D eigenvalue weighted by molar-refractivity contribution is 0.0742. The van der Waals surface area contributed by atoms with Crippen molar-refractivity contribution in [3.63, 3.8) is 0 Å². The van der Waals surface area contributed by atoms with Crippen molar-refractivity contribution in [2.45, 2.75) is 76.1 Å². The first kappa shape index (κ1) is 33.8. The van der Waals surface area contributed by atoms with E-state index in [9.17, 15) is 19.5 Å². The number of hydrogen-bond acceptors (Lipinski definition) is 5. The van der Waals surface area contributed by atoms with Crippen LogP contribution in [0.5, 0.6) is 0 Å². The molecule has 1 saturated carbocycles. The van der Waals surface area contributed by atoms with Gasteiger partial charge in [0.05, 0.1) is 18.2 Å². The number of nitrogens with zero attached hydrogens (tertiary/aromatic N) is 1. The molecule has 47 heavy (non-hydrogen) atoms. The van der Waals surface area contributed by atoms with Crippen molar-refractivity contribution in [2.75, 3.05) is 13.6 Å². The minimum Gasteiger partial charge on any atom is -0.390 e. The zero-order valence-corrected chi connectivity index (χ0v) is 27.9. The molecule has 4 N–H and O–H groups in total. The lowest BCUT2D eigenvalue weighted by Crippen LogP contribution is -2.50. The second-order valence-electron chi connectivity index (χ2n) is 13.8. The van der Waals surface area contributed by atoms with E-state index in [4.69, 9.17) is 0 Å². The summed E-state index contributed by atoms with van der Waals surface area (Å²) >= 11 is 0. The number of aromatic nitrogens is 1. The molecule has 4 aromatic rings. The zero-order valence-electron chi connectivity index (χ0n) is 27.9. The summed E-state index contributed by atoms with van der Waals surface area (Å²) in [4.78, 5) is 43.9. The molecule has 0 unspecified atom stereocenters. The van der Waals surface area contributed by atoms with Crippen LogP contribution in [0.15, 0.2) is 102 Å². The van der Waals surface area contributed by atoms with Gasteiger partial charge < -0.3 is 25.6 Å². The molecular formula is C39H46N4O4. The molecule has 1 aromatic heterocycles. The fraction of sp³-hybridized carbons (Fsp3) is 0.359. The predicted molar refractivity (Wildman–Crippen MR) is 185 cm³/mol. The topological polar surface area (TPSA) is 115 Å². The van der Waals surface area contributed by atoms with Crippen LogP contribution >= 0.6 is 0 Å². The highest BCUT2D eigenvalue weighted by molar-refractivity contribution is 5.98. The summed E-state index contributed by atoms with van der Waals surface area (Å²) < 4.78 is 0. The molecular weight excluding hydrogens is 588 g/mol. The quantitative estimate of drug-likeness (QED) is 0.165. The number of aliphatic hydroxyl groups is 1. The van der Waals surface area contributed by atoms with Crippen molar-refractivity contribution >= 4 is 11.8 Å². The Morgan fingerprint density at radius 1 is 0.936 bits per heavy atom. The third kappa shape index (κ3) is 8.25. The molecule has 0 bridgehead atoms. The molecule has 1 heterocycles. The van der Waals surface area contributed by atoms with Crippen LogP contribution in [0.25, 0.3) is 0 Å². The van der Waals surface area contributed by atoms with Gasteiger partial charge in [-0.25, -0.2) is 0 Å². The number of rotatable bonds is 12. The van der Waals surface area contributed by atoms with Gasteiger partial charge in [-0.2, -0.15) is 0 Å². The van der Waals surface area contributed by atoms with Gasteiger partial charge in [-0.1, -0.05) is 106 Å². The molecule has 3 atom stereocenters. The first-order valence-electron chi connectivity index (χ1n) is 16.3. The van der Waals surface area contributed by atoms with E-state index in [1.807, 2.05) is 67.6 Å². The zero-order chi connectivity index (χ0) is 33.8. The lowest BCUT2D eigenvalue weighted by Gasteiger charge is -2.28. The van der Waals surface area contributed by atoms with Gasteiger partial charge in [-0.15, -0.1) is 0 Å². The second kappa shape index (κ2) is 14.1. The van der Waals surface area contributed by atoms with Crippen LogP contribution in [0.1, 0.15) is 89.7 Å². The number of H-pyrrole nitrogens is 1.